The molecule has 1 aliphatic rings. The van der Waals surface area contributed by atoms with Gasteiger partial charge < -0.3 is 15.4 Å². The van der Waals surface area contributed by atoms with Gasteiger partial charge in [0, 0.05) is 19.6 Å². The van der Waals surface area contributed by atoms with Crippen molar-refractivity contribution in [3.63, 3.8) is 0 Å². The fourth-order valence-corrected chi connectivity index (χ4v) is 4.64. The third-order valence-electron chi connectivity index (χ3n) is 4.40. The summed E-state index contributed by atoms with van der Waals surface area (Å²) in [5.41, 5.74) is 2.18. The first-order valence-corrected chi connectivity index (χ1v) is 10.8. The maximum absolute atomic E-state index is 11.6. The van der Waals surface area contributed by atoms with Crippen molar-refractivity contribution < 1.29 is 13.2 Å². The summed E-state index contributed by atoms with van der Waals surface area (Å²) in [5, 5.41) is 6.41. The van der Waals surface area contributed by atoms with Gasteiger partial charge in [0.15, 0.2) is 15.8 Å². The van der Waals surface area contributed by atoms with E-state index in [1.165, 1.54) is 0 Å². The predicted octanol–water partition coefficient (Wildman–Crippen LogP) is 2.12. The van der Waals surface area contributed by atoms with Crippen LogP contribution in [-0.4, -0.2) is 39.0 Å². The normalized spacial score (nSPS) is 18.9. The number of aliphatic imine (C=N–C) groups is 1. The van der Waals surface area contributed by atoms with Crippen LogP contribution in [0.3, 0.4) is 0 Å². The minimum Gasteiger partial charge on any atom is -0.489 e. The van der Waals surface area contributed by atoms with E-state index in [0.717, 1.165) is 16.9 Å². The molecule has 6 nitrogen and oxygen atoms in total. The van der Waals surface area contributed by atoms with Gasteiger partial charge in [0.1, 0.15) is 12.4 Å². The largest absolute Gasteiger partial charge is 0.489 e. The van der Waals surface area contributed by atoms with Crippen molar-refractivity contribution in [2.75, 3.05) is 18.6 Å². The first-order chi connectivity index (χ1) is 13.0. The zero-order valence-corrected chi connectivity index (χ0v) is 16.2. The fourth-order valence-electron chi connectivity index (χ4n) is 2.97. The molecule has 3 rings (SSSR count). The smallest absolute Gasteiger partial charge is 0.191 e. The van der Waals surface area contributed by atoms with Crippen LogP contribution in [0, 0.1) is 0 Å². The van der Waals surface area contributed by atoms with E-state index in [-0.39, 0.29) is 17.5 Å². The number of ether oxygens (including phenoxy) is 1. The van der Waals surface area contributed by atoms with Crippen molar-refractivity contribution in [1.82, 2.24) is 10.6 Å². The third kappa shape index (κ3) is 5.99. The summed E-state index contributed by atoms with van der Waals surface area (Å²) in [4.78, 5) is 4.18. The van der Waals surface area contributed by atoms with Crippen LogP contribution in [0.25, 0.3) is 0 Å². The molecule has 2 aromatic rings. The SMILES string of the molecule is CN=C(NCc1cccc(OCc2ccccc2)c1)NC1CCS(=O)(=O)C1. The number of benzene rings is 2. The Morgan fingerprint density at radius 3 is 2.63 bits per heavy atom. The Morgan fingerprint density at radius 2 is 1.93 bits per heavy atom. The molecular weight excluding hydrogens is 362 g/mol. The molecule has 7 heteroatoms. The summed E-state index contributed by atoms with van der Waals surface area (Å²) in [6, 6.07) is 17.8. The lowest BCUT2D eigenvalue weighted by Gasteiger charge is -2.16. The van der Waals surface area contributed by atoms with Crippen LogP contribution in [0.2, 0.25) is 0 Å². The maximum atomic E-state index is 11.6. The highest BCUT2D eigenvalue weighted by Gasteiger charge is 2.28. The van der Waals surface area contributed by atoms with Gasteiger partial charge in [0.2, 0.25) is 0 Å². The van der Waals surface area contributed by atoms with Crippen molar-refractivity contribution in [2.24, 2.45) is 4.99 Å². The van der Waals surface area contributed by atoms with Crippen LogP contribution < -0.4 is 15.4 Å². The Bertz CT molecular complexity index is 882. The molecule has 1 atom stereocenters. The summed E-state index contributed by atoms with van der Waals surface area (Å²) in [6.07, 6.45) is 0.617. The first-order valence-electron chi connectivity index (χ1n) is 8.97. The Kier molecular flexibility index (Phi) is 6.34. The molecule has 0 aliphatic carbocycles. The van der Waals surface area contributed by atoms with Gasteiger partial charge in [-0.1, -0.05) is 42.5 Å². The predicted molar refractivity (Wildman–Crippen MR) is 108 cm³/mol. The molecule has 0 amide bonds. The van der Waals surface area contributed by atoms with E-state index in [1.54, 1.807) is 7.05 Å². The minimum absolute atomic E-state index is 0.0817. The van der Waals surface area contributed by atoms with Gasteiger partial charge in [0.25, 0.3) is 0 Å². The maximum Gasteiger partial charge on any atom is 0.191 e. The molecule has 2 N–H and O–H groups in total. The van der Waals surface area contributed by atoms with Crippen LogP contribution in [0.1, 0.15) is 17.5 Å². The number of hydrogen-bond donors (Lipinski definition) is 2. The van der Waals surface area contributed by atoms with Gasteiger partial charge in [0.05, 0.1) is 11.5 Å². The molecule has 1 fully saturated rings. The van der Waals surface area contributed by atoms with Crippen molar-refractivity contribution in [1.29, 1.82) is 0 Å². The summed E-state index contributed by atoms with van der Waals surface area (Å²) in [5.74, 6) is 1.81. The summed E-state index contributed by atoms with van der Waals surface area (Å²) < 4.78 is 29.0. The molecule has 0 bridgehead atoms. The summed E-state index contributed by atoms with van der Waals surface area (Å²) in [7, 11) is -1.23. The molecule has 1 heterocycles. The summed E-state index contributed by atoms with van der Waals surface area (Å²) >= 11 is 0. The van der Waals surface area contributed by atoms with E-state index >= 15 is 0 Å². The second-order valence-electron chi connectivity index (χ2n) is 6.59. The van der Waals surface area contributed by atoms with E-state index in [9.17, 15) is 8.42 Å². The lowest BCUT2D eigenvalue weighted by Crippen LogP contribution is -2.43. The Morgan fingerprint density at radius 1 is 1.15 bits per heavy atom. The highest BCUT2D eigenvalue weighted by Crippen LogP contribution is 2.15. The van der Waals surface area contributed by atoms with E-state index < -0.39 is 9.84 Å². The van der Waals surface area contributed by atoms with Crippen LogP contribution in [0.15, 0.2) is 59.6 Å². The Labute approximate surface area is 160 Å². The Hall–Kier alpha value is -2.54. The molecule has 2 aromatic carbocycles. The monoisotopic (exact) mass is 387 g/mol. The number of rotatable bonds is 6. The highest BCUT2D eigenvalue weighted by atomic mass is 32.2. The van der Waals surface area contributed by atoms with Gasteiger partial charge in [-0.2, -0.15) is 0 Å². The van der Waals surface area contributed by atoms with Gasteiger partial charge >= 0.3 is 0 Å². The van der Waals surface area contributed by atoms with Gasteiger partial charge in [-0.15, -0.1) is 0 Å². The van der Waals surface area contributed by atoms with Crippen molar-refractivity contribution in [2.45, 2.75) is 25.6 Å². The van der Waals surface area contributed by atoms with E-state index in [4.69, 9.17) is 4.74 Å². The quantitative estimate of drug-likeness (QED) is 0.586. The van der Waals surface area contributed by atoms with Crippen molar-refractivity contribution >= 4 is 15.8 Å². The van der Waals surface area contributed by atoms with Gasteiger partial charge in [-0.3, -0.25) is 4.99 Å². The van der Waals surface area contributed by atoms with Gasteiger partial charge in [-0.25, -0.2) is 8.42 Å². The molecule has 27 heavy (non-hydrogen) atoms. The zero-order valence-electron chi connectivity index (χ0n) is 15.4. The van der Waals surface area contributed by atoms with E-state index in [1.807, 2.05) is 54.6 Å². The lowest BCUT2D eigenvalue weighted by molar-refractivity contribution is 0.306. The average molecular weight is 388 g/mol. The van der Waals surface area contributed by atoms with Gasteiger partial charge in [-0.05, 0) is 29.7 Å². The summed E-state index contributed by atoms with van der Waals surface area (Å²) in [6.45, 7) is 1.10. The second kappa shape index (κ2) is 8.90. The topological polar surface area (TPSA) is 79.8 Å². The number of nitrogens with one attached hydrogen (secondary N) is 2. The molecule has 0 spiro atoms. The van der Waals surface area contributed by atoms with Crippen LogP contribution in [0.4, 0.5) is 0 Å². The van der Waals surface area contributed by atoms with Crippen molar-refractivity contribution in [3.8, 4) is 5.75 Å². The van der Waals surface area contributed by atoms with Crippen LogP contribution in [0.5, 0.6) is 5.75 Å². The molecule has 0 saturated carbocycles. The molecule has 144 valence electrons. The van der Waals surface area contributed by atoms with E-state index in [0.29, 0.717) is 25.5 Å². The average Bonchev–Trinajstić information content (AvgIpc) is 3.03. The highest BCUT2D eigenvalue weighted by molar-refractivity contribution is 7.91. The third-order valence-corrected chi connectivity index (χ3v) is 6.17. The van der Waals surface area contributed by atoms with Crippen LogP contribution >= 0.6 is 0 Å². The molecular formula is C20H25N3O3S. The van der Waals surface area contributed by atoms with E-state index in [2.05, 4.69) is 15.6 Å². The molecule has 1 aliphatic heterocycles. The number of hydrogen-bond acceptors (Lipinski definition) is 4. The fraction of sp³-hybridized carbons (Fsp3) is 0.350. The Balaban J connectivity index is 1.51. The number of nitrogens with zero attached hydrogens (tertiary/aromatic N) is 1. The molecule has 0 radical (unpaired) electrons. The zero-order chi connectivity index (χ0) is 19.1. The lowest BCUT2D eigenvalue weighted by atomic mass is 10.2. The standard InChI is InChI=1S/C20H25N3O3S/c1-21-20(23-18-10-11-27(24,25)15-18)22-13-17-8-5-9-19(12-17)26-14-16-6-3-2-4-7-16/h2-9,12,18H,10-11,13-15H2,1H3,(H2,21,22,23). The van der Waals surface area contributed by atoms with Crippen molar-refractivity contribution in [3.05, 3.63) is 65.7 Å². The molecule has 1 saturated heterocycles. The second-order valence-corrected chi connectivity index (χ2v) is 8.82. The minimum atomic E-state index is -2.91. The number of guanidine groups is 1. The first kappa shape index (κ1) is 19.2. The number of sulfone groups is 1. The van der Waals surface area contributed by atoms with Crippen LogP contribution in [-0.2, 0) is 23.0 Å². The molecule has 1 unspecified atom stereocenters. The molecule has 0 aromatic heterocycles.